The Bertz CT molecular complexity index is 802. The van der Waals surface area contributed by atoms with Crippen LogP contribution in [0.5, 0.6) is 0 Å². The highest BCUT2D eigenvalue weighted by molar-refractivity contribution is 5.97. The van der Waals surface area contributed by atoms with Crippen molar-refractivity contribution in [2.45, 2.75) is 6.54 Å². The van der Waals surface area contributed by atoms with E-state index in [1.165, 1.54) is 28.0 Å². The molecular weight excluding hydrogens is 254 g/mol. The van der Waals surface area contributed by atoms with Crippen LogP contribution in [0.3, 0.4) is 0 Å². The second kappa shape index (κ2) is 5.02. The zero-order chi connectivity index (χ0) is 14.1. The van der Waals surface area contributed by atoms with Crippen LogP contribution in [0.2, 0.25) is 0 Å². The zero-order valence-electron chi connectivity index (χ0n) is 11.7. The van der Waals surface area contributed by atoms with Crippen molar-refractivity contribution in [2.75, 3.05) is 0 Å². The fourth-order valence-corrected chi connectivity index (χ4v) is 3.05. The molecule has 0 saturated heterocycles. The number of allylic oxidation sites excluding steroid dienone is 1. The van der Waals surface area contributed by atoms with Gasteiger partial charge in [0.1, 0.15) is 0 Å². The number of fused-ring (bicyclic) bond motifs is 1. The fourth-order valence-electron chi connectivity index (χ4n) is 3.05. The van der Waals surface area contributed by atoms with Crippen molar-refractivity contribution in [3.63, 3.8) is 0 Å². The molecule has 0 unspecified atom stereocenters. The standard InChI is InChI=1S/C20H16N/c1-3-9-16(10-4-1)18-15-21-14-8-7-13-19(21)20(18)17-11-5-2-6-12-17/h1-14H,15H2/q+1. The van der Waals surface area contributed by atoms with Gasteiger partial charge in [-0.1, -0.05) is 60.7 Å². The number of nitrogens with zero attached hydrogens (tertiary/aromatic N) is 1. The average molecular weight is 270 g/mol. The lowest BCUT2D eigenvalue weighted by Crippen LogP contribution is -2.33. The van der Waals surface area contributed by atoms with Crippen LogP contribution in [0.4, 0.5) is 0 Å². The maximum atomic E-state index is 2.32. The minimum absolute atomic E-state index is 0.935. The third kappa shape index (κ3) is 2.07. The quantitative estimate of drug-likeness (QED) is 0.621. The second-order valence-electron chi connectivity index (χ2n) is 5.30. The van der Waals surface area contributed by atoms with Crippen LogP contribution < -0.4 is 4.57 Å². The van der Waals surface area contributed by atoms with Crippen molar-refractivity contribution in [3.05, 3.63) is 102 Å². The molecule has 1 aliphatic heterocycles. The summed E-state index contributed by atoms with van der Waals surface area (Å²) in [6, 6.07) is 27.8. The molecule has 0 N–H and O–H groups in total. The molecule has 0 amide bonds. The summed E-state index contributed by atoms with van der Waals surface area (Å²) in [7, 11) is 0. The molecule has 0 radical (unpaired) electrons. The molecule has 21 heavy (non-hydrogen) atoms. The van der Waals surface area contributed by atoms with E-state index in [4.69, 9.17) is 0 Å². The fraction of sp³-hybridized carbons (Fsp3) is 0.0500. The van der Waals surface area contributed by atoms with Crippen molar-refractivity contribution < 1.29 is 4.57 Å². The van der Waals surface area contributed by atoms with E-state index >= 15 is 0 Å². The lowest BCUT2D eigenvalue weighted by molar-refractivity contribution is -0.682. The molecule has 1 aromatic heterocycles. The van der Waals surface area contributed by atoms with Gasteiger partial charge in [-0.2, -0.15) is 4.57 Å². The lowest BCUT2D eigenvalue weighted by atomic mass is 9.95. The maximum absolute atomic E-state index is 2.32. The highest BCUT2D eigenvalue weighted by Crippen LogP contribution is 2.34. The summed E-state index contributed by atoms with van der Waals surface area (Å²) in [5, 5.41) is 0. The number of aromatic nitrogens is 1. The van der Waals surface area contributed by atoms with E-state index in [1.54, 1.807) is 0 Å². The van der Waals surface area contributed by atoms with Gasteiger partial charge in [0.05, 0.1) is 5.57 Å². The van der Waals surface area contributed by atoms with Crippen LogP contribution >= 0.6 is 0 Å². The predicted octanol–water partition coefficient (Wildman–Crippen LogP) is 3.95. The van der Waals surface area contributed by atoms with Crippen molar-refractivity contribution >= 4 is 11.1 Å². The summed E-state index contributed by atoms with van der Waals surface area (Å²) in [5.41, 5.74) is 6.63. The number of benzene rings is 2. The monoisotopic (exact) mass is 270 g/mol. The first-order valence-corrected chi connectivity index (χ1v) is 7.26. The molecule has 100 valence electrons. The van der Waals surface area contributed by atoms with Crippen LogP contribution in [0.15, 0.2) is 85.1 Å². The van der Waals surface area contributed by atoms with Gasteiger partial charge in [-0.25, -0.2) is 0 Å². The van der Waals surface area contributed by atoms with Crippen LogP contribution in [-0.2, 0) is 6.54 Å². The maximum Gasteiger partial charge on any atom is 0.213 e. The predicted molar refractivity (Wildman–Crippen MR) is 85.4 cm³/mol. The third-order valence-electron chi connectivity index (χ3n) is 4.01. The van der Waals surface area contributed by atoms with E-state index in [-0.39, 0.29) is 0 Å². The summed E-state index contributed by atoms with van der Waals surface area (Å²) in [6.07, 6.45) is 2.16. The minimum Gasteiger partial charge on any atom is -0.194 e. The Hall–Kier alpha value is -2.67. The molecule has 1 heteroatoms. The number of hydrogen-bond acceptors (Lipinski definition) is 0. The Morgan fingerprint density at radius 3 is 1.95 bits per heavy atom. The normalized spacial score (nSPS) is 13.3. The SMILES string of the molecule is c1ccc(C2=C(c3ccccc3)c3cccc[n+]3C2)cc1. The van der Waals surface area contributed by atoms with E-state index in [2.05, 4.69) is 89.6 Å². The first kappa shape index (κ1) is 12.1. The first-order chi connectivity index (χ1) is 10.4. The highest BCUT2D eigenvalue weighted by atomic mass is 15.0. The van der Waals surface area contributed by atoms with Crippen LogP contribution in [0.25, 0.3) is 11.1 Å². The van der Waals surface area contributed by atoms with Crippen molar-refractivity contribution in [1.29, 1.82) is 0 Å². The number of pyridine rings is 1. The molecular formula is C20H16N+. The topological polar surface area (TPSA) is 3.88 Å². The van der Waals surface area contributed by atoms with Gasteiger partial charge in [0.15, 0.2) is 12.7 Å². The molecule has 1 nitrogen and oxygen atoms in total. The molecule has 0 atom stereocenters. The largest absolute Gasteiger partial charge is 0.213 e. The van der Waals surface area contributed by atoms with Crippen LogP contribution in [-0.4, -0.2) is 0 Å². The first-order valence-electron chi connectivity index (χ1n) is 7.26. The molecule has 4 rings (SSSR count). The summed E-state index contributed by atoms with van der Waals surface area (Å²) in [5.74, 6) is 0. The van der Waals surface area contributed by atoms with Gasteiger partial charge in [0, 0.05) is 17.7 Å². The molecule has 2 aromatic carbocycles. The Morgan fingerprint density at radius 1 is 0.619 bits per heavy atom. The van der Waals surface area contributed by atoms with E-state index in [0.29, 0.717) is 0 Å². The van der Waals surface area contributed by atoms with E-state index in [9.17, 15) is 0 Å². The van der Waals surface area contributed by atoms with Gasteiger partial charge >= 0.3 is 0 Å². The molecule has 0 bridgehead atoms. The van der Waals surface area contributed by atoms with Gasteiger partial charge in [0.25, 0.3) is 0 Å². The second-order valence-corrected chi connectivity index (χ2v) is 5.30. The summed E-state index contributed by atoms with van der Waals surface area (Å²) < 4.78 is 2.32. The van der Waals surface area contributed by atoms with E-state index in [0.717, 1.165) is 6.54 Å². The van der Waals surface area contributed by atoms with Crippen molar-refractivity contribution in [2.24, 2.45) is 0 Å². The van der Waals surface area contributed by atoms with Crippen molar-refractivity contribution in [3.8, 4) is 0 Å². The summed E-state index contributed by atoms with van der Waals surface area (Å²) in [6.45, 7) is 0.935. The summed E-state index contributed by atoms with van der Waals surface area (Å²) >= 11 is 0. The number of rotatable bonds is 2. The Morgan fingerprint density at radius 2 is 1.24 bits per heavy atom. The van der Waals surface area contributed by atoms with E-state index < -0.39 is 0 Å². The number of hydrogen-bond donors (Lipinski definition) is 0. The van der Waals surface area contributed by atoms with Gasteiger partial charge in [-0.3, -0.25) is 0 Å². The van der Waals surface area contributed by atoms with Gasteiger partial charge in [0.2, 0.25) is 5.69 Å². The Kier molecular flexibility index (Phi) is 2.89. The lowest BCUT2D eigenvalue weighted by Gasteiger charge is -2.04. The molecule has 0 fully saturated rings. The minimum atomic E-state index is 0.935. The van der Waals surface area contributed by atoms with Gasteiger partial charge < -0.3 is 0 Å². The average Bonchev–Trinajstić information content (AvgIpc) is 2.96. The van der Waals surface area contributed by atoms with Gasteiger partial charge in [-0.05, 0) is 17.2 Å². The Labute approximate surface area is 124 Å². The van der Waals surface area contributed by atoms with Crippen LogP contribution in [0, 0.1) is 0 Å². The molecule has 0 spiro atoms. The van der Waals surface area contributed by atoms with E-state index in [1.807, 2.05) is 0 Å². The molecule has 2 heterocycles. The smallest absolute Gasteiger partial charge is 0.194 e. The Balaban J connectivity index is 1.97. The van der Waals surface area contributed by atoms with Crippen molar-refractivity contribution in [1.82, 2.24) is 0 Å². The molecule has 1 aliphatic rings. The highest BCUT2D eigenvalue weighted by Gasteiger charge is 2.29. The van der Waals surface area contributed by atoms with Crippen LogP contribution in [0.1, 0.15) is 16.8 Å². The van der Waals surface area contributed by atoms with Gasteiger partial charge in [-0.15, -0.1) is 0 Å². The zero-order valence-corrected chi connectivity index (χ0v) is 11.7. The molecule has 3 aromatic rings. The molecule has 0 saturated carbocycles. The third-order valence-corrected chi connectivity index (χ3v) is 4.01. The molecule has 0 aliphatic carbocycles. The summed E-state index contributed by atoms with van der Waals surface area (Å²) in [4.78, 5) is 0.